The van der Waals surface area contributed by atoms with E-state index in [1.54, 1.807) is 19.1 Å². The average Bonchev–Trinajstić information content (AvgIpc) is 3.08. The number of fused-ring (bicyclic) bond motifs is 3. The molecule has 3 aromatic carbocycles. The van der Waals surface area contributed by atoms with Crippen molar-refractivity contribution < 1.29 is 58.1 Å². The standard InChI is InChI=1S/C13H17NO3.C11H7NO7.C11H13NO3/c1-2-16-13(15)8-11-5-3-9-7-10(14)4-6-12(9)17-11;13-7-4-9(10(14)11(15)16)19-8-2-1-5(12(17)18)3-6(7)8;12-8-2-4-10-7(5-8)1-3-9(15-10)6-11(13)14/h4,6-7,11H,2-3,5,8,14H2,1H3;1-3,9H,4H2,(H,15,16);2,4-5,9H,1,3,6,12H2,(H,13,14). The van der Waals surface area contributed by atoms with Crippen molar-refractivity contribution in [2.45, 2.75) is 70.2 Å². The third kappa shape index (κ3) is 10.4. The maximum atomic E-state index is 11.8. The number of benzene rings is 3. The Kier molecular flexibility index (Phi) is 12.5. The van der Waals surface area contributed by atoms with Crippen molar-refractivity contribution in [3.8, 4) is 17.2 Å². The number of carbonyl (C=O) groups excluding carboxylic acids is 3. The van der Waals surface area contributed by atoms with Crippen LogP contribution in [-0.4, -0.2) is 69.5 Å². The fourth-order valence-corrected chi connectivity index (χ4v) is 5.53. The summed E-state index contributed by atoms with van der Waals surface area (Å²) in [6, 6.07) is 14.4. The van der Waals surface area contributed by atoms with Gasteiger partial charge in [0.15, 0.2) is 11.9 Å². The van der Waals surface area contributed by atoms with Crippen molar-refractivity contribution in [1.29, 1.82) is 0 Å². The van der Waals surface area contributed by atoms with Crippen molar-refractivity contribution in [3.63, 3.8) is 0 Å². The van der Waals surface area contributed by atoms with Crippen LogP contribution < -0.4 is 25.7 Å². The molecular weight excluding hydrogens is 670 g/mol. The van der Waals surface area contributed by atoms with E-state index < -0.39 is 41.0 Å². The molecule has 0 aliphatic carbocycles. The number of carboxylic acid groups (broad SMARTS) is 2. The number of aryl methyl sites for hydroxylation is 2. The molecule has 0 fully saturated rings. The lowest BCUT2D eigenvalue weighted by Crippen LogP contribution is -2.38. The van der Waals surface area contributed by atoms with E-state index in [1.165, 1.54) is 6.07 Å². The van der Waals surface area contributed by atoms with E-state index in [-0.39, 0.29) is 41.6 Å². The highest BCUT2D eigenvalue weighted by Gasteiger charge is 2.35. The van der Waals surface area contributed by atoms with Gasteiger partial charge in [-0.25, -0.2) is 4.79 Å². The van der Waals surface area contributed by atoms with Crippen molar-refractivity contribution >= 4 is 46.5 Å². The molecule has 3 aromatic rings. The first-order chi connectivity index (χ1) is 24.2. The Morgan fingerprint density at radius 1 is 0.843 bits per heavy atom. The second kappa shape index (κ2) is 17.0. The molecule has 0 radical (unpaired) electrons. The van der Waals surface area contributed by atoms with E-state index in [9.17, 15) is 34.1 Å². The maximum absolute atomic E-state index is 11.8. The van der Waals surface area contributed by atoms with Crippen molar-refractivity contribution in [2.75, 3.05) is 18.1 Å². The summed E-state index contributed by atoms with van der Waals surface area (Å²) in [4.78, 5) is 65.3. The zero-order valence-corrected chi connectivity index (χ0v) is 27.6. The first-order valence-corrected chi connectivity index (χ1v) is 16.0. The predicted octanol–water partition coefficient (Wildman–Crippen LogP) is 3.94. The Labute approximate surface area is 291 Å². The SMILES string of the molecule is CCOC(=O)CC1CCc2cc(N)ccc2O1.Nc1ccc2c(c1)CCC(CC(=O)O)O2.O=C(O)C(=O)C1CC(=O)c2cc([N+](=O)[O-])ccc2O1. The van der Waals surface area contributed by atoms with Gasteiger partial charge in [-0.1, -0.05) is 0 Å². The quantitative estimate of drug-likeness (QED) is 0.0850. The minimum absolute atomic E-state index is 0.0244. The predicted molar refractivity (Wildman–Crippen MR) is 180 cm³/mol. The molecule has 0 saturated heterocycles. The van der Waals surface area contributed by atoms with Gasteiger partial charge in [0.25, 0.3) is 11.5 Å². The number of nitrogen functional groups attached to an aromatic ring is 2. The highest BCUT2D eigenvalue weighted by Crippen LogP contribution is 2.32. The molecule has 16 heteroatoms. The van der Waals surface area contributed by atoms with Crippen molar-refractivity contribution in [3.05, 3.63) is 81.4 Å². The second-order valence-electron chi connectivity index (χ2n) is 11.7. The minimum Gasteiger partial charge on any atom is -0.490 e. The maximum Gasteiger partial charge on any atom is 0.376 e. The third-order valence-corrected chi connectivity index (χ3v) is 7.95. The van der Waals surface area contributed by atoms with Crippen molar-refractivity contribution in [2.24, 2.45) is 0 Å². The number of ketones is 2. The molecule has 3 atom stereocenters. The number of esters is 1. The van der Waals surface area contributed by atoms with E-state index in [0.717, 1.165) is 66.1 Å². The molecule has 0 spiro atoms. The molecule has 3 heterocycles. The Bertz CT molecular complexity index is 1830. The second-order valence-corrected chi connectivity index (χ2v) is 11.7. The number of ether oxygens (including phenoxy) is 4. The summed E-state index contributed by atoms with van der Waals surface area (Å²) in [5.41, 5.74) is 14.7. The number of hydrogen-bond donors (Lipinski definition) is 4. The van der Waals surface area contributed by atoms with E-state index in [4.69, 9.17) is 40.6 Å². The Hall–Kier alpha value is -6.19. The van der Waals surface area contributed by atoms with Crippen LogP contribution in [0.5, 0.6) is 17.2 Å². The van der Waals surface area contributed by atoms with Gasteiger partial charge in [-0.05, 0) is 86.2 Å². The fourth-order valence-electron chi connectivity index (χ4n) is 5.53. The van der Waals surface area contributed by atoms with Crippen LogP contribution >= 0.6 is 0 Å². The van der Waals surface area contributed by atoms with E-state index in [1.807, 2.05) is 24.3 Å². The molecule has 6 rings (SSSR count). The van der Waals surface area contributed by atoms with Crippen LogP contribution in [0.15, 0.2) is 54.6 Å². The molecule has 3 aliphatic rings. The topological polar surface area (TPSA) is 258 Å². The van der Waals surface area contributed by atoms with Gasteiger partial charge < -0.3 is 40.6 Å². The van der Waals surface area contributed by atoms with Crippen LogP contribution in [0.25, 0.3) is 0 Å². The lowest BCUT2D eigenvalue weighted by Gasteiger charge is -2.25. The molecule has 0 amide bonds. The molecule has 0 aromatic heterocycles. The van der Waals surface area contributed by atoms with E-state index >= 15 is 0 Å². The summed E-state index contributed by atoms with van der Waals surface area (Å²) in [5.74, 6) is -2.93. The fraction of sp³-hybridized carbons (Fsp3) is 0.343. The molecule has 0 bridgehead atoms. The highest BCUT2D eigenvalue weighted by molar-refractivity contribution is 6.35. The van der Waals surface area contributed by atoms with Gasteiger partial charge in [-0.2, -0.15) is 0 Å². The van der Waals surface area contributed by atoms with Gasteiger partial charge in [0.2, 0.25) is 0 Å². The summed E-state index contributed by atoms with van der Waals surface area (Å²) in [7, 11) is 0. The molecule has 16 nitrogen and oxygen atoms in total. The monoisotopic (exact) mass is 707 g/mol. The van der Waals surface area contributed by atoms with Gasteiger partial charge in [-0.3, -0.25) is 29.3 Å². The molecule has 3 aliphatic heterocycles. The lowest BCUT2D eigenvalue weighted by molar-refractivity contribution is -0.384. The van der Waals surface area contributed by atoms with Crippen LogP contribution in [0.4, 0.5) is 17.1 Å². The molecule has 6 N–H and O–H groups in total. The first-order valence-electron chi connectivity index (χ1n) is 16.0. The summed E-state index contributed by atoms with van der Waals surface area (Å²) >= 11 is 0. The molecular formula is C35H37N3O13. The van der Waals surface area contributed by atoms with Gasteiger partial charge >= 0.3 is 17.9 Å². The number of carboxylic acids is 2. The number of aliphatic carboxylic acids is 2. The summed E-state index contributed by atoms with van der Waals surface area (Å²) < 4.78 is 21.3. The zero-order chi connectivity index (χ0) is 37.2. The summed E-state index contributed by atoms with van der Waals surface area (Å²) in [5, 5.41) is 27.8. The summed E-state index contributed by atoms with van der Waals surface area (Å²) in [6.45, 7) is 2.22. The van der Waals surface area contributed by atoms with Gasteiger partial charge in [0.1, 0.15) is 29.5 Å². The lowest BCUT2D eigenvalue weighted by atomic mass is 9.98. The number of non-ortho nitro benzene ring substituents is 1. The van der Waals surface area contributed by atoms with Crippen LogP contribution in [0.3, 0.4) is 0 Å². The number of rotatable bonds is 8. The minimum atomic E-state index is -1.69. The Morgan fingerprint density at radius 2 is 1.39 bits per heavy atom. The smallest absolute Gasteiger partial charge is 0.376 e. The number of nitrogens with two attached hydrogens (primary N) is 2. The number of hydrogen-bond acceptors (Lipinski definition) is 13. The number of nitrogens with zero attached hydrogens (tertiary/aromatic N) is 1. The van der Waals surface area contributed by atoms with Gasteiger partial charge in [0, 0.05) is 23.5 Å². The van der Waals surface area contributed by atoms with Gasteiger partial charge in [0.05, 0.1) is 36.4 Å². The molecule has 270 valence electrons. The van der Waals surface area contributed by atoms with Crippen molar-refractivity contribution in [1.82, 2.24) is 0 Å². The van der Waals surface area contributed by atoms with Gasteiger partial charge in [-0.15, -0.1) is 0 Å². The Morgan fingerprint density at radius 3 is 1.90 bits per heavy atom. The molecule has 0 saturated carbocycles. The number of anilines is 2. The highest BCUT2D eigenvalue weighted by atomic mass is 16.6. The number of nitro benzene ring substituents is 1. The molecule has 51 heavy (non-hydrogen) atoms. The van der Waals surface area contributed by atoms with Crippen LogP contribution in [0, 0.1) is 10.1 Å². The van der Waals surface area contributed by atoms with Crippen LogP contribution in [0.1, 0.15) is 60.5 Å². The Balaban J connectivity index is 0.000000173. The first kappa shape index (κ1) is 37.6. The normalized spacial score (nSPS) is 18.1. The van der Waals surface area contributed by atoms with E-state index in [2.05, 4.69) is 0 Å². The molecule has 3 unspecified atom stereocenters. The van der Waals surface area contributed by atoms with Crippen LogP contribution in [-0.2, 0) is 36.8 Å². The zero-order valence-electron chi connectivity index (χ0n) is 27.6. The van der Waals surface area contributed by atoms with E-state index in [0.29, 0.717) is 18.7 Å². The van der Waals surface area contributed by atoms with Crippen LogP contribution in [0.2, 0.25) is 0 Å². The third-order valence-electron chi connectivity index (χ3n) is 7.95. The summed E-state index contributed by atoms with van der Waals surface area (Å²) in [6.07, 6.45) is 1.55. The number of carbonyl (C=O) groups is 5. The number of nitro groups is 1. The largest absolute Gasteiger partial charge is 0.490 e. The average molecular weight is 708 g/mol. The number of Topliss-reactive ketones (excluding diaryl/α,β-unsaturated/α-hetero) is 2.